The van der Waals surface area contributed by atoms with Crippen molar-refractivity contribution in [2.45, 2.75) is 32.0 Å². The van der Waals surface area contributed by atoms with Gasteiger partial charge >= 0.3 is 6.18 Å². The molecular formula is C16H18F3N. The summed E-state index contributed by atoms with van der Waals surface area (Å²) in [4.78, 5) is 0. The van der Waals surface area contributed by atoms with E-state index in [1.165, 1.54) is 5.39 Å². The number of halogens is 3. The number of hydrogen-bond donors (Lipinski definition) is 1. The average molecular weight is 281 g/mol. The van der Waals surface area contributed by atoms with Crippen molar-refractivity contribution in [3.05, 3.63) is 48.0 Å². The van der Waals surface area contributed by atoms with Gasteiger partial charge in [0.05, 0.1) is 0 Å². The first kappa shape index (κ1) is 14.9. The van der Waals surface area contributed by atoms with Gasteiger partial charge in [0.15, 0.2) is 0 Å². The van der Waals surface area contributed by atoms with Crippen molar-refractivity contribution in [2.75, 3.05) is 6.54 Å². The zero-order valence-corrected chi connectivity index (χ0v) is 11.4. The first-order valence-corrected chi connectivity index (χ1v) is 6.74. The summed E-state index contributed by atoms with van der Waals surface area (Å²) in [5.41, 5.74) is 1.09. The molecule has 0 spiro atoms. The summed E-state index contributed by atoms with van der Waals surface area (Å²) in [6.07, 6.45) is -4.68. The number of alkyl halides is 3. The molecule has 108 valence electrons. The molecule has 0 saturated heterocycles. The van der Waals surface area contributed by atoms with Crippen LogP contribution >= 0.6 is 0 Å². The van der Waals surface area contributed by atoms with Crippen molar-refractivity contribution in [2.24, 2.45) is 0 Å². The molecule has 20 heavy (non-hydrogen) atoms. The maximum atomic E-state index is 12.0. The Bertz CT molecular complexity index is 563. The highest BCUT2D eigenvalue weighted by atomic mass is 19.4. The lowest BCUT2D eigenvalue weighted by molar-refractivity contribution is -0.135. The fourth-order valence-electron chi connectivity index (χ4n) is 2.20. The molecule has 0 saturated carbocycles. The predicted octanol–water partition coefficient (Wildman–Crippen LogP) is 4.83. The summed E-state index contributed by atoms with van der Waals surface area (Å²) in [7, 11) is 0. The molecular weight excluding hydrogens is 263 g/mol. The predicted molar refractivity (Wildman–Crippen MR) is 75.7 cm³/mol. The summed E-state index contributed by atoms with van der Waals surface area (Å²) in [5, 5.41) is 5.45. The lowest BCUT2D eigenvalue weighted by Gasteiger charge is -2.15. The lowest BCUT2D eigenvalue weighted by Crippen LogP contribution is -2.21. The topological polar surface area (TPSA) is 12.0 Å². The first-order chi connectivity index (χ1) is 9.46. The average Bonchev–Trinajstić information content (AvgIpc) is 2.42. The Morgan fingerprint density at radius 1 is 1.05 bits per heavy atom. The van der Waals surface area contributed by atoms with Gasteiger partial charge in [0, 0.05) is 12.5 Å². The van der Waals surface area contributed by atoms with E-state index in [0.717, 1.165) is 10.9 Å². The Morgan fingerprint density at radius 3 is 2.45 bits per heavy atom. The van der Waals surface area contributed by atoms with E-state index in [0.29, 0.717) is 6.54 Å². The number of benzene rings is 2. The van der Waals surface area contributed by atoms with Gasteiger partial charge in [-0.25, -0.2) is 0 Å². The van der Waals surface area contributed by atoms with Crippen LogP contribution < -0.4 is 5.32 Å². The van der Waals surface area contributed by atoms with Crippen molar-refractivity contribution < 1.29 is 13.2 Å². The molecule has 0 amide bonds. The Balaban J connectivity index is 1.92. The zero-order chi connectivity index (χ0) is 14.6. The van der Waals surface area contributed by atoms with Crippen LogP contribution in [-0.2, 0) is 0 Å². The highest BCUT2D eigenvalue weighted by molar-refractivity contribution is 5.83. The Labute approximate surface area is 116 Å². The van der Waals surface area contributed by atoms with Gasteiger partial charge in [-0.1, -0.05) is 36.4 Å². The number of nitrogens with one attached hydrogen (secondary N) is 1. The molecule has 1 nitrogen and oxygen atoms in total. The zero-order valence-electron chi connectivity index (χ0n) is 11.4. The van der Waals surface area contributed by atoms with Crippen LogP contribution in [0, 0.1) is 0 Å². The Morgan fingerprint density at radius 2 is 1.75 bits per heavy atom. The fourth-order valence-corrected chi connectivity index (χ4v) is 2.20. The maximum Gasteiger partial charge on any atom is 0.389 e. The van der Waals surface area contributed by atoms with E-state index in [-0.39, 0.29) is 12.5 Å². The summed E-state index contributed by atoms with van der Waals surface area (Å²) >= 11 is 0. The minimum absolute atomic E-state index is 0.0489. The second-order valence-corrected chi connectivity index (χ2v) is 5.00. The van der Waals surface area contributed by atoms with Crippen LogP contribution in [0.2, 0.25) is 0 Å². The standard InChI is InChI=1S/C16H18F3N/c1-12(20-10-4-9-16(17,18)19)14-8-7-13-5-2-3-6-15(13)11-14/h2-3,5-8,11-12,20H,4,9-10H2,1H3. The van der Waals surface area contributed by atoms with Gasteiger partial charge in [0.1, 0.15) is 0 Å². The van der Waals surface area contributed by atoms with Crippen LogP contribution in [0.25, 0.3) is 10.8 Å². The van der Waals surface area contributed by atoms with Crippen molar-refractivity contribution in [3.63, 3.8) is 0 Å². The molecule has 1 atom stereocenters. The fraction of sp³-hybridized carbons (Fsp3) is 0.375. The van der Waals surface area contributed by atoms with E-state index in [1.807, 2.05) is 43.3 Å². The number of rotatable bonds is 5. The monoisotopic (exact) mass is 281 g/mol. The third-order valence-electron chi connectivity index (χ3n) is 3.36. The van der Waals surface area contributed by atoms with Crippen LogP contribution in [0.3, 0.4) is 0 Å². The molecule has 2 rings (SSSR count). The molecule has 0 bridgehead atoms. The minimum atomic E-state index is -4.06. The van der Waals surface area contributed by atoms with E-state index in [2.05, 4.69) is 11.4 Å². The van der Waals surface area contributed by atoms with Gasteiger partial charge in [0.25, 0.3) is 0 Å². The smallest absolute Gasteiger partial charge is 0.310 e. The Kier molecular flexibility index (Phi) is 4.65. The van der Waals surface area contributed by atoms with Gasteiger partial charge in [-0.2, -0.15) is 13.2 Å². The number of hydrogen-bond acceptors (Lipinski definition) is 1. The maximum absolute atomic E-state index is 12.0. The molecule has 0 aromatic heterocycles. The van der Waals surface area contributed by atoms with E-state index in [4.69, 9.17) is 0 Å². The van der Waals surface area contributed by atoms with Gasteiger partial charge in [-0.3, -0.25) is 0 Å². The Hall–Kier alpha value is -1.55. The van der Waals surface area contributed by atoms with Crippen LogP contribution in [0.1, 0.15) is 31.4 Å². The minimum Gasteiger partial charge on any atom is -0.310 e. The molecule has 0 fully saturated rings. The van der Waals surface area contributed by atoms with Crippen LogP contribution in [0.5, 0.6) is 0 Å². The summed E-state index contributed by atoms with van der Waals surface area (Å²) in [6.45, 7) is 2.34. The van der Waals surface area contributed by atoms with Crippen molar-refractivity contribution in [3.8, 4) is 0 Å². The highest BCUT2D eigenvalue weighted by Gasteiger charge is 2.25. The van der Waals surface area contributed by atoms with Crippen LogP contribution in [0.4, 0.5) is 13.2 Å². The first-order valence-electron chi connectivity index (χ1n) is 6.74. The van der Waals surface area contributed by atoms with E-state index in [1.54, 1.807) is 0 Å². The van der Waals surface area contributed by atoms with E-state index in [9.17, 15) is 13.2 Å². The van der Waals surface area contributed by atoms with E-state index >= 15 is 0 Å². The summed E-state index contributed by atoms with van der Waals surface area (Å²) < 4.78 is 36.1. The molecule has 2 aromatic rings. The van der Waals surface area contributed by atoms with Crippen LogP contribution in [-0.4, -0.2) is 12.7 Å². The molecule has 4 heteroatoms. The molecule has 1 N–H and O–H groups in total. The highest BCUT2D eigenvalue weighted by Crippen LogP contribution is 2.22. The quantitative estimate of drug-likeness (QED) is 0.774. The molecule has 1 unspecified atom stereocenters. The molecule has 2 aromatic carbocycles. The summed E-state index contributed by atoms with van der Waals surface area (Å²) in [5.74, 6) is 0. The lowest BCUT2D eigenvalue weighted by atomic mass is 10.0. The third kappa shape index (κ3) is 4.23. The van der Waals surface area contributed by atoms with Crippen LogP contribution in [0.15, 0.2) is 42.5 Å². The molecule has 0 aliphatic carbocycles. The second-order valence-electron chi connectivity index (χ2n) is 5.00. The van der Waals surface area contributed by atoms with Crippen molar-refractivity contribution in [1.82, 2.24) is 5.32 Å². The van der Waals surface area contributed by atoms with Gasteiger partial charge in [-0.05, 0) is 42.3 Å². The molecule has 0 radical (unpaired) electrons. The molecule has 0 heterocycles. The number of fused-ring (bicyclic) bond motifs is 1. The van der Waals surface area contributed by atoms with Crippen molar-refractivity contribution in [1.29, 1.82) is 0 Å². The van der Waals surface area contributed by atoms with Crippen molar-refractivity contribution >= 4 is 10.8 Å². The molecule has 0 aliphatic heterocycles. The van der Waals surface area contributed by atoms with E-state index < -0.39 is 12.6 Å². The largest absolute Gasteiger partial charge is 0.389 e. The van der Waals surface area contributed by atoms with Gasteiger partial charge in [0.2, 0.25) is 0 Å². The second kappa shape index (κ2) is 6.27. The summed E-state index contributed by atoms with van der Waals surface area (Å²) in [6, 6.07) is 14.2. The molecule has 0 aliphatic rings. The SMILES string of the molecule is CC(NCCCC(F)(F)F)c1ccc2ccccc2c1. The van der Waals surface area contributed by atoms with Gasteiger partial charge < -0.3 is 5.32 Å². The van der Waals surface area contributed by atoms with Gasteiger partial charge in [-0.15, -0.1) is 0 Å². The third-order valence-corrected chi connectivity index (χ3v) is 3.36. The normalized spacial score (nSPS) is 13.6.